The molecule has 0 aliphatic heterocycles. The van der Waals surface area contributed by atoms with Crippen molar-refractivity contribution in [2.75, 3.05) is 7.11 Å². The van der Waals surface area contributed by atoms with E-state index < -0.39 is 35.2 Å². The van der Waals surface area contributed by atoms with Crippen LogP contribution in [0, 0.1) is 0 Å². The van der Waals surface area contributed by atoms with E-state index >= 15 is 0 Å². The standard InChI is InChI=1S/C8H7F2NO4/c1-15-6-3(7(9)10)2-11-4(5(6)12)8(13)14/h2,7,12H,1H3,(H,13,14). The van der Waals surface area contributed by atoms with E-state index in [0.717, 1.165) is 7.11 Å². The number of rotatable bonds is 3. The lowest BCUT2D eigenvalue weighted by atomic mass is 10.2. The predicted molar refractivity (Wildman–Crippen MR) is 44.4 cm³/mol. The van der Waals surface area contributed by atoms with Crippen LogP contribution < -0.4 is 4.74 Å². The average molecular weight is 219 g/mol. The molecule has 0 aromatic carbocycles. The van der Waals surface area contributed by atoms with Gasteiger partial charge in [-0.3, -0.25) is 0 Å². The SMILES string of the molecule is COc1c(C(F)F)cnc(C(=O)O)c1O. The first-order chi connectivity index (χ1) is 6.99. The minimum Gasteiger partial charge on any atom is -0.503 e. The van der Waals surface area contributed by atoms with Gasteiger partial charge in [0, 0.05) is 6.20 Å². The fraction of sp³-hybridized carbons (Fsp3) is 0.250. The Morgan fingerprint density at radius 3 is 2.60 bits per heavy atom. The highest BCUT2D eigenvalue weighted by Gasteiger charge is 2.23. The van der Waals surface area contributed by atoms with Gasteiger partial charge in [-0.05, 0) is 0 Å². The summed E-state index contributed by atoms with van der Waals surface area (Å²) in [6.45, 7) is 0. The van der Waals surface area contributed by atoms with Crippen LogP contribution in [0.3, 0.4) is 0 Å². The molecular weight excluding hydrogens is 212 g/mol. The van der Waals surface area contributed by atoms with Gasteiger partial charge in [0.1, 0.15) is 0 Å². The highest BCUT2D eigenvalue weighted by Crippen LogP contribution is 2.37. The molecule has 0 saturated heterocycles. The molecule has 0 aliphatic rings. The molecule has 0 radical (unpaired) electrons. The Morgan fingerprint density at radius 1 is 1.60 bits per heavy atom. The molecule has 1 aromatic rings. The monoisotopic (exact) mass is 219 g/mol. The van der Waals surface area contributed by atoms with Gasteiger partial charge in [0.25, 0.3) is 6.43 Å². The van der Waals surface area contributed by atoms with Gasteiger partial charge in [-0.15, -0.1) is 0 Å². The topological polar surface area (TPSA) is 79.7 Å². The number of aromatic hydroxyl groups is 1. The molecule has 15 heavy (non-hydrogen) atoms. The third kappa shape index (κ3) is 1.95. The van der Waals surface area contributed by atoms with Crippen molar-refractivity contribution in [2.45, 2.75) is 6.43 Å². The molecule has 0 aliphatic carbocycles. The number of pyridine rings is 1. The van der Waals surface area contributed by atoms with Crippen LogP contribution in [-0.4, -0.2) is 28.3 Å². The second kappa shape index (κ2) is 4.07. The van der Waals surface area contributed by atoms with Gasteiger partial charge in [-0.1, -0.05) is 0 Å². The van der Waals surface area contributed by atoms with Crippen molar-refractivity contribution in [1.29, 1.82) is 0 Å². The normalized spacial score (nSPS) is 10.4. The second-order valence-electron chi connectivity index (χ2n) is 2.55. The van der Waals surface area contributed by atoms with Gasteiger partial charge in [-0.25, -0.2) is 18.6 Å². The number of aromatic nitrogens is 1. The fourth-order valence-electron chi connectivity index (χ4n) is 1.02. The smallest absolute Gasteiger partial charge is 0.358 e. The molecule has 0 bridgehead atoms. The Hall–Kier alpha value is -1.92. The van der Waals surface area contributed by atoms with Crippen molar-refractivity contribution in [3.63, 3.8) is 0 Å². The number of carbonyl (C=O) groups is 1. The van der Waals surface area contributed by atoms with Crippen LogP contribution in [0.5, 0.6) is 11.5 Å². The second-order valence-corrected chi connectivity index (χ2v) is 2.55. The predicted octanol–water partition coefficient (Wildman–Crippen LogP) is 1.43. The van der Waals surface area contributed by atoms with E-state index in [-0.39, 0.29) is 0 Å². The zero-order valence-electron chi connectivity index (χ0n) is 7.57. The van der Waals surface area contributed by atoms with E-state index in [2.05, 4.69) is 9.72 Å². The zero-order valence-corrected chi connectivity index (χ0v) is 7.57. The highest BCUT2D eigenvalue weighted by atomic mass is 19.3. The molecule has 7 heteroatoms. The van der Waals surface area contributed by atoms with Crippen molar-refractivity contribution < 1.29 is 28.5 Å². The van der Waals surface area contributed by atoms with Crippen molar-refractivity contribution in [3.8, 4) is 11.5 Å². The molecule has 1 heterocycles. The molecule has 82 valence electrons. The van der Waals surface area contributed by atoms with E-state index in [1.807, 2.05) is 0 Å². The minimum atomic E-state index is -2.90. The number of nitrogens with zero attached hydrogens (tertiary/aromatic N) is 1. The number of hydrogen-bond acceptors (Lipinski definition) is 4. The lowest BCUT2D eigenvalue weighted by Crippen LogP contribution is -2.04. The van der Waals surface area contributed by atoms with Gasteiger partial charge in [0.2, 0.25) is 0 Å². The molecular formula is C8H7F2NO4. The number of carboxylic acid groups (broad SMARTS) is 1. The Labute approximate surface area is 82.9 Å². The van der Waals surface area contributed by atoms with Crippen molar-refractivity contribution in [3.05, 3.63) is 17.5 Å². The van der Waals surface area contributed by atoms with E-state index in [1.165, 1.54) is 0 Å². The largest absolute Gasteiger partial charge is 0.503 e. The van der Waals surface area contributed by atoms with E-state index in [9.17, 15) is 18.7 Å². The molecule has 5 nitrogen and oxygen atoms in total. The number of alkyl halides is 2. The summed E-state index contributed by atoms with van der Waals surface area (Å²) >= 11 is 0. The summed E-state index contributed by atoms with van der Waals surface area (Å²) in [7, 11) is 1.05. The first kappa shape index (κ1) is 11.2. The number of halogens is 2. The third-order valence-corrected chi connectivity index (χ3v) is 1.68. The van der Waals surface area contributed by atoms with Gasteiger partial charge < -0.3 is 14.9 Å². The van der Waals surface area contributed by atoms with Gasteiger partial charge in [0.15, 0.2) is 17.2 Å². The first-order valence-electron chi connectivity index (χ1n) is 3.76. The lowest BCUT2D eigenvalue weighted by molar-refractivity contribution is 0.0685. The molecule has 1 rings (SSSR count). The van der Waals surface area contributed by atoms with Gasteiger partial charge in [-0.2, -0.15) is 0 Å². The third-order valence-electron chi connectivity index (χ3n) is 1.68. The quantitative estimate of drug-likeness (QED) is 0.803. The molecule has 0 fully saturated rings. The Balaban J connectivity index is 3.39. The van der Waals surface area contributed by atoms with Crippen molar-refractivity contribution in [1.82, 2.24) is 4.98 Å². The minimum absolute atomic E-state index is 0.572. The van der Waals surface area contributed by atoms with E-state index in [0.29, 0.717) is 6.20 Å². The number of ether oxygens (including phenoxy) is 1. The molecule has 1 aromatic heterocycles. The zero-order chi connectivity index (χ0) is 11.6. The van der Waals surface area contributed by atoms with Crippen LogP contribution in [0.2, 0.25) is 0 Å². The summed E-state index contributed by atoms with van der Waals surface area (Å²) in [6, 6.07) is 0. The average Bonchev–Trinajstić information content (AvgIpc) is 2.16. The van der Waals surface area contributed by atoms with Gasteiger partial charge in [0.05, 0.1) is 12.7 Å². The van der Waals surface area contributed by atoms with Crippen LogP contribution in [0.1, 0.15) is 22.5 Å². The summed E-state index contributed by atoms with van der Waals surface area (Å²) in [5.74, 6) is -2.99. The van der Waals surface area contributed by atoms with Crippen molar-refractivity contribution >= 4 is 5.97 Å². The maximum atomic E-state index is 12.3. The summed E-state index contributed by atoms with van der Waals surface area (Å²) in [4.78, 5) is 13.7. The Morgan fingerprint density at radius 2 is 2.20 bits per heavy atom. The molecule has 2 N–H and O–H groups in total. The van der Waals surface area contributed by atoms with Crippen LogP contribution in [0.15, 0.2) is 6.20 Å². The number of carboxylic acids is 1. The first-order valence-corrected chi connectivity index (χ1v) is 3.76. The maximum absolute atomic E-state index is 12.3. The van der Waals surface area contributed by atoms with Crippen LogP contribution in [0.4, 0.5) is 8.78 Å². The Kier molecular flexibility index (Phi) is 3.03. The van der Waals surface area contributed by atoms with Gasteiger partial charge >= 0.3 is 5.97 Å². The van der Waals surface area contributed by atoms with E-state index in [4.69, 9.17) is 5.11 Å². The summed E-state index contributed by atoms with van der Waals surface area (Å²) in [6.07, 6.45) is -2.24. The van der Waals surface area contributed by atoms with Crippen molar-refractivity contribution in [2.24, 2.45) is 0 Å². The van der Waals surface area contributed by atoms with E-state index in [1.54, 1.807) is 0 Å². The van der Waals surface area contributed by atoms with Crippen LogP contribution >= 0.6 is 0 Å². The summed E-state index contributed by atoms with van der Waals surface area (Å²) in [5, 5.41) is 17.8. The van der Waals surface area contributed by atoms with Crippen LogP contribution in [0.25, 0.3) is 0 Å². The molecule has 0 amide bonds. The molecule has 0 atom stereocenters. The molecule has 0 spiro atoms. The number of hydrogen-bond donors (Lipinski definition) is 2. The maximum Gasteiger partial charge on any atom is 0.358 e. The summed E-state index contributed by atoms with van der Waals surface area (Å²) in [5.41, 5.74) is -1.38. The highest BCUT2D eigenvalue weighted by molar-refractivity contribution is 5.89. The molecule has 0 unspecified atom stereocenters. The molecule has 0 saturated carbocycles. The number of aromatic carboxylic acids is 1. The summed E-state index contributed by atoms with van der Waals surface area (Å²) < 4.78 is 29.2. The number of methoxy groups -OCH3 is 1. The Bertz CT molecular complexity index is 394. The van der Waals surface area contributed by atoms with Crippen LogP contribution in [-0.2, 0) is 0 Å². The lowest BCUT2D eigenvalue weighted by Gasteiger charge is -2.10. The fourth-order valence-corrected chi connectivity index (χ4v) is 1.02.